The molecule has 0 saturated heterocycles. The van der Waals surface area contributed by atoms with Gasteiger partial charge in [-0.05, 0) is 0 Å². The molecule has 0 aliphatic carbocycles. The van der Waals surface area contributed by atoms with Crippen LogP contribution in [0.15, 0.2) is 0 Å². The summed E-state index contributed by atoms with van der Waals surface area (Å²) in [5, 5.41) is 9.55. The number of nitro groups is 1. The second-order valence-electron chi connectivity index (χ2n) is 1.38. The number of ketones is 1. The van der Waals surface area contributed by atoms with E-state index in [1.54, 1.807) is 6.92 Å². The number of carbonyl (C=O) groups excluding carboxylic acids is 1. The van der Waals surface area contributed by atoms with Crippen LogP contribution in [0.25, 0.3) is 0 Å². The molecule has 0 aliphatic rings. The van der Waals surface area contributed by atoms with Gasteiger partial charge in [-0.3, -0.25) is 14.9 Å². The van der Waals surface area contributed by atoms with Crippen molar-refractivity contribution in [3.8, 4) is 0 Å². The topological polar surface area (TPSA) is 60.2 Å². The number of hydrogen-bond acceptors (Lipinski definition) is 3. The number of rotatable bonds is 3. The van der Waals surface area contributed by atoms with Crippen molar-refractivity contribution in [1.82, 2.24) is 0 Å². The first-order valence-electron chi connectivity index (χ1n) is 2.30. The van der Waals surface area contributed by atoms with Gasteiger partial charge >= 0.3 is 29.6 Å². The Hall–Kier alpha value is 0.0700. The Morgan fingerprint density at radius 1 is 1.67 bits per heavy atom. The standard InChI is InChI=1S/C4H7NO3.Na.H/c1-2-4(6)3-5(7)8;;/h2-3H2,1H3;;. The van der Waals surface area contributed by atoms with E-state index in [9.17, 15) is 14.9 Å². The summed E-state index contributed by atoms with van der Waals surface area (Å²) in [5.41, 5.74) is 0. The van der Waals surface area contributed by atoms with Gasteiger partial charge in [0, 0.05) is 11.3 Å². The quantitative estimate of drug-likeness (QED) is 0.305. The van der Waals surface area contributed by atoms with E-state index in [1.807, 2.05) is 0 Å². The Morgan fingerprint density at radius 2 is 2.11 bits per heavy atom. The first-order valence-corrected chi connectivity index (χ1v) is 2.30. The fourth-order valence-electron chi connectivity index (χ4n) is 0.256. The molecule has 0 amide bonds. The SMILES string of the molecule is CCC(=O)C[N+](=O)[O-].[NaH]. The molecule has 0 fully saturated rings. The summed E-state index contributed by atoms with van der Waals surface area (Å²) in [6, 6.07) is 0. The van der Waals surface area contributed by atoms with E-state index in [4.69, 9.17) is 0 Å². The molecule has 0 aromatic carbocycles. The van der Waals surface area contributed by atoms with Crippen LogP contribution in [0.3, 0.4) is 0 Å². The second kappa shape index (κ2) is 6.19. The summed E-state index contributed by atoms with van der Waals surface area (Å²) in [7, 11) is 0. The number of nitrogens with zero attached hydrogens (tertiary/aromatic N) is 1. The van der Waals surface area contributed by atoms with Crippen LogP contribution >= 0.6 is 0 Å². The Labute approximate surface area is 75.1 Å². The van der Waals surface area contributed by atoms with Gasteiger partial charge in [0.1, 0.15) is 0 Å². The maximum absolute atomic E-state index is 10.2. The first kappa shape index (κ1) is 11.8. The van der Waals surface area contributed by atoms with Crippen molar-refractivity contribution in [3.63, 3.8) is 0 Å². The number of Topliss-reactive ketones (excluding diaryl/α,β-unsaturated/α-hetero) is 1. The fourth-order valence-corrected chi connectivity index (χ4v) is 0.256. The Balaban J connectivity index is 0. The van der Waals surface area contributed by atoms with Gasteiger partial charge in [0.25, 0.3) is 6.54 Å². The molecule has 0 unspecified atom stereocenters. The Kier molecular flexibility index (Phi) is 8.13. The molecule has 0 heterocycles. The van der Waals surface area contributed by atoms with Crippen molar-refractivity contribution >= 4 is 35.3 Å². The van der Waals surface area contributed by atoms with Crippen LogP contribution in [0, 0.1) is 10.1 Å². The predicted molar refractivity (Wildman–Crippen MR) is 34.3 cm³/mol. The molecule has 4 nitrogen and oxygen atoms in total. The number of hydrogen-bond donors (Lipinski definition) is 0. The van der Waals surface area contributed by atoms with Crippen LogP contribution < -0.4 is 0 Å². The van der Waals surface area contributed by atoms with Crippen molar-refractivity contribution in [1.29, 1.82) is 0 Å². The van der Waals surface area contributed by atoms with Gasteiger partial charge in [-0.25, -0.2) is 0 Å². The zero-order chi connectivity index (χ0) is 6.57. The molecule has 0 bridgehead atoms. The monoisotopic (exact) mass is 141 g/mol. The third kappa shape index (κ3) is 8.07. The molecule has 0 rings (SSSR count). The maximum atomic E-state index is 10.2. The Morgan fingerprint density at radius 3 is 2.22 bits per heavy atom. The van der Waals surface area contributed by atoms with Gasteiger partial charge in [0.2, 0.25) is 5.78 Å². The van der Waals surface area contributed by atoms with Crippen molar-refractivity contribution in [2.45, 2.75) is 13.3 Å². The second-order valence-corrected chi connectivity index (χ2v) is 1.38. The summed E-state index contributed by atoms with van der Waals surface area (Å²) >= 11 is 0. The summed E-state index contributed by atoms with van der Waals surface area (Å²) < 4.78 is 0. The molecule has 9 heavy (non-hydrogen) atoms. The molecular weight excluding hydrogens is 133 g/mol. The molecule has 0 aliphatic heterocycles. The van der Waals surface area contributed by atoms with E-state index in [-0.39, 0.29) is 41.8 Å². The molecule has 0 saturated carbocycles. The first-order chi connectivity index (χ1) is 3.66. The van der Waals surface area contributed by atoms with E-state index in [0.717, 1.165) is 0 Å². The van der Waals surface area contributed by atoms with Crippen LogP contribution in [0.1, 0.15) is 13.3 Å². The fraction of sp³-hybridized carbons (Fsp3) is 0.750. The molecule has 5 heteroatoms. The average molecular weight is 141 g/mol. The van der Waals surface area contributed by atoms with Gasteiger partial charge < -0.3 is 0 Å². The van der Waals surface area contributed by atoms with Crippen LogP contribution in [-0.4, -0.2) is 46.8 Å². The molecule has 0 N–H and O–H groups in total. The third-order valence-corrected chi connectivity index (χ3v) is 0.700. The van der Waals surface area contributed by atoms with E-state index in [1.165, 1.54) is 0 Å². The minimum atomic E-state index is -0.619. The molecule has 0 radical (unpaired) electrons. The summed E-state index contributed by atoms with van der Waals surface area (Å²) in [4.78, 5) is 19.1. The van der Waals surface area contributed by atoms with Crippen LogP contribution in [0.4, 0.5) is 0 Å². The van der Waals surface area contributed by atoms with Gasteiger partial charge in [-0.2, -0.15) is 0 Å². The van der Waals surface area contributed by atoms with Crippen molar-refractivity contribution < 1.29 is 9.72 Å². The van der Waals surface area contributed by atoms with Crippen LogP contribution in [0.5, 0.6) is 0 Å². The van der Waals surface area contributed by atoms with Gasteiger partial charge in [-0.1, -0.05) is 6.92 Å². The molecule has 0 aromatic heterocycles. The molecule has 0 aromatic rings. The summed E-state index contributed by atoms with van der Waals surface area (Å²) in [5.74, 6) is -0.324. The zero-order valence-corrected chi connectivity index (χ0v) is 4.59. The Bertz CT molecular complexity index is 114. The zero-order valence-electron chi connectivity index (χ0n) is 4.59. The van der Waals surface area contributed by atoms with E-state index in [2.05, 4.69) is 0 Å². The molecule has 48 valence electrons. The summed E-state index contributed by atoms with van der Waals surface area (Å²) in [6.07, 6.45) is 0.251. The van der Waals surface area contributed by atoms with Gasteiger partial charge in [0.15, 0.2) is 0 Å². The molecule has 0 spiro atoms. The molecule has 0 atom stereocenters. The predicted octanol–water partition coefficient (Wildman–Crippen LogP) is -0.406. The van der Waals surface area contributed by atoms with Gasteiger partial charge in [-0.15, -0.1) is 0 Å². The minimum absolute atomic E-state index is 0. The average Bonchev–Trinajstić information content (AvgIpc) is 1.65. The van der Waals surface area contributed by atoms with Crippen molar-refractivity contribution in [3.05, 3.63) is 10.1 Å². The third-order valence-electron chi connectivity index (χ3n) is 0.700. The van der Waals surface area contributed by atoms with Crippen molar-refractivity contribution in [2.24, 2.45) is 0 Å². The van der Waals surface area contributed by atoms with E-state index >= 15 is 0 Å². The normalized spacial score (nSPS) is 7.67. The number of carbonyl (C=O) groups is 1. The van der Waals surface area contributed by atoms with E-state index < -0.39 is 11.5 Å². The summed E-state index contributed by atoms with van der Waals surface area (Å²) in [6.45, 7) is 1.07. The molecular formula is C4H8NNaO3. The van der Waals surface area contributed by atoms with Crippen molar-refractivity contribution in [2.75, 3.05) is 6.54 Å². The van der Waals surface area contributed by atoms with Crippen LogP contribution in [0.2, 0.25) is 0 Å². The van der Waals surface area contributed by atoms with Gasteiger partial charge in [0.05, 0.1) is 0 Å². The van der Waals surface area contributed by atoms with Crippen LogP contribution in [-0.2, 0) is 4.79 Å². The van der Waals surface area contributed by atoms with E-state index in [0.29, 0.717) is 0 Å².